The minimum atomic E-state index is -3.03. The smallest absolute Gasteiger partial charge is 0.137 e. The molecule has 0 radical (unpaired) electrons. The molecule has 0 aliphatic rings. The van der Waals surface area contributed by atoms with Crippen molar-refractivity contribution in [2.75, 3.05) is 26.1 Å². The molecule has 4 aromatic rings. The molecule has 1 aromatic heterocycles. The summed E-state index contributed by atoms with van der Waals surface area (Å²) in [5.74, 6) is 1.49. The Kier molecular flexibility index (Phi) is 8.27. The Hall–Kier alpha value is -3.66. The van der Waals surface area contributed by atoms with Gasteiger partial charge in [-0.25, -0.2) is 13.3 Å². The van der Waals surface area contributed by atoms with Gasteiger partial charge in [0.05, 0.1) is 36.8 Å². The van der Waals surface area contributed by atoms with E-state index in [0.717, 1.165) is 39.3 Å². The first kappa shape index (κ1) is 26.4. The van der Waals surface area contributed by atoms with Crippen LogP contribution in [-0.2, 0) is 9.92 Å². The van der Waals surface area contributed by atoms with Crippen LogP contribution in [0.15, 0.2) is 88.3 Å². The molecule has 0 aliphatic carbocycles. The highest BCUT2D eigenvalue weighted by Crippen LogP contribution is 2.29. The van der Waals surface area contributed by atoms with Crippen molar-refractivity contribution >= 4 is 32.2 Å². The third-order valence-electron chi connectivity index (χ3n) is 5.88. The van der Waals surface area contributed by atoms with Crippen molar-refractivity contribution in [3.63, 3.8) is 0 Å². The van der Waals surface area contributed by atoms with Crippen LogP contribution in [0.3, 0.4) is 0 Å². The molecule has 0 fully saturated rings. The predicted octanol–water partition coefficient (Wildman–Crippen LogP) is 5.47. The lowest BCUT2D eigenvalue weighted by molar-refractivity contribution is 0.199. The van der Waals surface area contributed by atoms with Gasteiger partial charge in [0.15, 0.2) is 0 Å². The molecule has 9 heteroatoms. The Morgan fingerprint density at radius 1 is 0.946 bits per heavy atom. The summed E-state index contributed by atoms with van der Waals surface area (Å²) in [5, 5.41) is 14.2. The normalized spacial score (nSPS) is 14.4. The minimum Gasteiger partial charge on any atom is -0.497 e. The molecule has 3 aromatic carbocycles. The Bertz CT molecular complexity index is 1460. The second-order valence-electron chi connectivity index (χ2n) is 8.67. The molecule has 3 atom stereocenters. The van der Waals surface area contributed by atoms with Gasteiger partial charge in [-0.3, -0.25) is 4.98 Å². The number of fused-ring (bicyclic) bond motifs is 1. The van der Waals surface area contributed by atoms with Crippen LogP contribution in [0, 0.1) is 0 Å². The van der Waals surface area contributed by atoms with Crippen molar-refractivity contribution in [1.82, 2.24) is 9.71 Å². The van der Waals surface area contributed by atoms with Gasteiger partial charge in [-0.15, -0.1) is 0 Å². The van der Waals surface area contributed by atoms with E-state index in [1.165, 1.54) is 0 Å². The molecule has 37 heavy (non-hydrogen) atoms. The van der Waals surface area contributed by atoms with E-state index in [9.17, 15) is 9.32 Å². The third-order valence-corrected chi connectivity index (χ3v) is 7.96. The largest absolute Gasteiger partial charge is 0.497 e. The van der Waals surface area contributed by atoms with E-state index in [-0.39, 0.29) is 12.6 Å². The number of aromatic nitrogens is 1. The van der Waals surface area contributed by atoms with Crippen molar-refractivity contribution in [3.05, 3.63) is 84.6 Å². The second kappa shape index (κ2) is 11.6. The van der Waals surface area contributed by atoms with Crippen LogP contribution in [0.4, 0.5) is 11.4 Å². The summed E-state index contributed by atoms with van der Waals surface area (Å²) in [5.41, 5.74) is 3.45. The molecule has 194 valence electrons. The first-order valence-electron chi connectivity index (χ1n) is 11.9. The van der Waals surface area contributed by atoms with E-state index in [1.54, 1.807) is 39.5 Å². The quantitative estimate of drug-likeness (QED) is 0.256. The lowest BCUT2D eigenvalue weighted by Crippen LogP contribution is -2.31. The number of anilines is 2. The number of rotatable bonds is 10. The minimum absolute atomic E-state index is 0.143. The van der Waals surface area contributed by atoms with Gasteiger partial charge in [-0.2, -0.15) is 0 Å². The molecule has 3 N–H and O–H groups in total. The van der Waals surface area contributed by atoms with Gasteiger partial charge in [0.2, 0.25) is 0 Å². The van der Waals surface area contributed by atoms with Gasteiger partial charge in [0, 0.05) is 35.6 Å². The SMILES string of the molecule is COc1ccc(C(C)N=S(=O)(NCC(C)O)c2ccc(Nc3ccnc4cc(OC)ccc34)cc2)cc1. The molecule has 4 rings (SSSR count). The van der Waals surface area contributed by atoms with E-state index in [2.05, 4.69) is 19.4 Å². The molecule has 0 bridgehead atoms. The number of hydrogen-bond donors (Lipinski definition) is 3. The maximum absolute atomic E-state index is 14.0. The molecule has 1 heterocycles. The number of pyridine rings is 1. The van der Waals surface area contributed by atoms with Gasteiger partial charge >= 0.3 is 0 Å². The number of hydrogen-bond acceptors (Lipinski definition) is 7. The molecular formula is C28H32N4O4S. The van der Waals surface area contributed by atoms with E-state index in [1.807, 2.05) is 67.6 Å². The van der Waals surface area contributed by atoms with Gasteiger partial charge in [0.25, 0.3) is 0 Å². The van der Waals surface area contributed by atoms with E-state index >= 15 is 0 Å². The van der Waals surface area contributed by atoms with Crippen LogP contribution in [0.2, 0.25) is 0 Å². The Morgan fingerprint density at radius 3 is 2.27 bits per heavy atom. The number of nitrogens with one attached hydrogen (secondary N) is 2. The van der Waals surface area contributed by atoms with E-state index < -0.39 is 16.0 Å². The van der Waals surface area contributed by atoms with E-state index in [4.69, 9.17) is 9.47 Å². The summed E-state index contributed by atoms with van der Waals surface area (Å²) >= 11 is 0. The number of aliphatic hydroxyl groups excluding tert-OH is 1. The highest BCUT2D eigenvalue weighted by molar-refractivity contribution is 7.91. The summed E-state index contributed by atoms with van der Waals surface area (Å²) in [4.78, 5) is 4.96. The summed E-state index contributed by atoms with van der Waals surface area (Å²) in [6, 6.07) is 22.1. The van der Waals surface area contributed by atoms with Crippen LogP contribution in [-0.4, -0.2) is 41.2 Å². The predicted molar refractivity (Wildman–Crippen MR) is 148 cm³/mol. The summed E-state index contributed by atoms with van der Waals surface area (Å²) < 4.78 is 32.2. The summed E-state index contributed by atoms with van der Waals surface area (Å²) in [7, 11) is 0.216. The molecule has 0 saturated heterocycles. The van der Waals surface area contributed by atoms with Crippen molar-refractivity contribution in [3.8, 4) is 11.5 Å². The van der Waals surface area contributed by atoms with Crippen molar-refractivity contribution in [2.24, 2.45) is 4.36 Å². The second-order valence-corrected chi connectivity index (χ2v) is 10.7. The lowest BCUT2D eigenvalue weighted by Gasteiger charge is -2.17. The molecule has 0 aliphatic heterocycles. The Morgan fingerprint density at radius 2 is 1.62 bits per heavy atom. The van der Waals surface area contributed by atoms with Crippen molar-refractivity contribution < 1.29 is 18.8 Å². The van der Waals surface area contributed by atoms with Gasteiger partial charge in [-0.1, -0.05) is 12.1 Å². The zero-order valence-electron chi connectivity index (χ0n) is 21.3. The first-order valence-corrected chi connectivity index (χ1v) is 13.5. The highest BCUT2D eigenvalue weighted by atomic mass is 32.2. The Labute approximate surface area is 218 Å². The molecule has 8 nitrogen and oxygen atoms in total. The fourth-order valence-electron chi connectivity index (χ4n) is 3.82. The van der Waals surface area contributed by atoms with Crippen molar-refractivity contribution in [1.29, 1.82) is 0 Å². The number of aliphatic hydroxyl groups is 1. The van der Waals surface area contributed by atoms with Crippen LogP contribution >= 0.6 is 0 Å². The average molecular weight is 521 g/mol. The Balaban J connectivity index is 1.62. The van der Waals surface area contributed by atoms with Crippen LogP contribution in [0.5, 0.6) is 11.5 Å². The standard InChI is InChI=1S/C28H32N4O4S/c1-19(33)18-30-37(34,32-20(2)21-5-9-23(35-3)10-6-21)25-12-7-22(8-13-25)31-27-15-16-29-28-17-24(36-4)11-14-26(27)28/h5-17,19-20,33H,18H2,1-4H3,(H,29,31)(H,30,32,34). The third kappa shape index (κ3) is 6.37. The molecule has 0 amide bonds. The van der Waals surface area contributed by atoms with Crippen molar-refractivity contribution in [2.45, 2.75) is 30.9 Å². The number of benzene rings is 3. The van der Waals surface area contributed by atoms with Crippen LogP contribution in [0.1, 0.15) is 25.5 Å². The molecule has 0 spiro atoms. The van der Waals surface area contributed by atoms with Crippen LogP contribution < -0.4 is 19.5 Å². The molecular weight excluding hydrogens is 488 g/mol. The van der Waals surface area contributed by atoms with Gasteiger partial charge in [0.1, 0.15) is 21.4 Å². The number of nitrogens with zero attached hydrogens (tertiary/aromatic N) is 2. The topological polar surface area (TPSA) is 105 Å². The monoisotopic (exact) mass is 520 g/mol. The first-order chi connectivity index (χ1) is 17.8. The van der Waals surface area contributed by atoms with Gasteiger partial charge < -0.3 is 19.9 Å². The maximum Gasteiger partial charge on any atom is 0.137 e. The summed E-state index contributed by atoms with van der Waals surface area (Å²) in [6.07, 6.45) is 1.07. The van der Waals surface area contributed by atoms with Gasteiger partial charge in [-0.05, 0) is 74.0 Å². The maximum atomic E-state index is 14.0. The van der Waals surface area contributed by atoms with E-state index in [0.29, 0.717) is 4.90 Å². The molecule has 0 saturated carbocycles. The lowest BCUT2D eigenvalue weighted by atomic mass is 10.1. The fourth-order valence-corrected chi connectivity index (χ4v) is 5.73. The highest BCUT2D eigenvalue weighted by Gasteiger charge is 2.17. The molecule has 3 unspecified atom stereocenters. The zero-order valence-corrected chi connectivity index (χ0v) is 22.2. The zero-order chi connectivity index (χ0) is 26.4. The average Bonchev–Trinajstić information content (AvgIpc) is 2.92. The van der Waals surface area contributed by atoms with Crippen LogP contribution in [0.25, 0.3) is 10.9 Å². The summed E-state index contributed by atoms with van der Waals surface area (Å²) in [6.45, 7) is 3.68. The number of methoxy groups -OCH3 is 2. The fraction of sp³-hybridized carbons (Fsp3) is 0.250. The number of ether oxygens (including phenoxy) is 2.